The zero-order chi connectivity index (χ0) is 12.3. The van der Waals surface area contributed by atoms with Gasteiger partial charge in [-0.15, -0.1) is 0 Å². The molecule has 0 amide bonds. The molecule has 0 spiro atoms. The van der Waals surface area contributed by atoms with Crippen LogP contribution in [0, 0.1) is 5.92 Å². The first-order valence-electron chi connectivity index (χ1n) is 6.09. The molecule has 2 rings (SSSR count). The molecule has 2 atom stereocenters. The van der Waals surface area contributed by atoms with Gasteiger partial charge in [-0.25, -0.2) is 9.97 Å². The SMILES string of the molecule is CNCc1cnc(N2CCC(C(C)O)C2)nc1. The van der Waals surface area contributed by atoms with Crippen molar-refractivity contribution in [3.05, 3.63) is 18.0 Å². The minimum absolute atomic E-state index is 0.247. The summed E-state index contributed by atoms with van der Waals surface area (Å²) in [5, 5.41) is 12.6. The van der Waals surface area contributed by atoms with E-state index in [9.17, 15) is 5.11 Å². The van der Waals surface area contributed by atoms with Gasteiger partial charge in [-0.3, -0.25) is 0 Å². The highest BCUT2D eigenvalue weighted by Crippen LogP contribution is 2.22. The summed E-state index contributed by atoms with van der Waals surface area (Å²) in [6.07, 6.45) is 4.48. The highest BCUT2D eigenvalue weighted by atomic mass is 16.3. The van der Waals surface area contributed by atoms with E-state index in [0.29, 0.717) is 5.92 Å². The lowest BCUT2D eigenvalue weighted by atomic mass is 10.0. The van der Waals surface area contributed by atoms with Gasteiger partial charge < -0.3 is 15.3 Å². The number of hydrogen-bond donors (Lipinski definition) is 2. The Kier molecular flexibility index (Phi) is 3.91. The summed E-state index contributed by atoms with van der Waals surface area (Å²) in [6.45, 7) is 4.42. The van der Waals surface area contributed by atoms with Crippen molar-refractivity contribution in [2.45, 2.75) is 26.0 Å². The minimum Gasteiger partial charge on any atom is -0.393 e. The second kappa shape index (κ2) is 5.42. The van der Waals surface area contributed by atoms with Crippen molar-refractivity contribution < 1.29 is 5.11 Å². The predicted octanol–water partition coefficient (Wildman–Crippen LogP) is 0.403. The largest absolute Gasteiger partial charge is 0.393 e. The van der Waals surface area contributed by atoms with E-state index in [-0.39, 0.29) is 6.10 Å². The molecule has 1 aliphatic rings. The molecule has 94 valence electrons. The maximum atomic E-state index is 9.56. The predicted molar refractivity (Wildman–Crippen MR) is 66.8 cm³/mol. The Morgan fingerprint density at radius 1 is 1.53 bits per heavy atom. The van der Waals surface area contributed by atoms with Crippen molar-refractivity contribution >= 4 is 5.95 Å². The fraction of sp³-hybridized carbons (Fsp3) is 0.667. The van der Waals surface area contributed by atoms with E-state index in [1.807, 2.05) is 26.4 Å². The lowest BCUT2D eigenvalue weighted by Crippen LogP contribution is -2.25. The van der Waals surface area contributed by atoms with E-state index in [4.69, 9.17) is 0 Å². The fourth-order valence-corrected chi connectivity index (χ4v) is 2.17. The molecule has 5 nitrogen and oxygen atoms in total. The normalized spacial score (nSPS) is 21.8. The fourth-order valence-electron chi connectivity index (χ4n) is 2.17. The van der Waals surface area contributed by atoms with Gasteiger partial charge in [0, 0.05) is 43.5 Å². The maximum Gasteiger partial charge on any atom is 0.225 e. The summed E-state index contributed by atoms with van der Waals surface area (Å²) in [5.74, 6) is 1.11. The molecule has 0 radical (unpaired) electrons. The van der Waals surface area contributed by atoms with Crippen LogP contribution in [-0.4, -0.2) is 41.3 Å². The number of aromatic nitrogens is 2. The van der Waals surface area contributed by atoms with Gasteiger partial charge in [0.2, 0.25) is 5.95 Å². The van der Waals surface area contributed by atoms with Crippen LogP contribution in [0.5, 0.6) is 0 Å². The van der Waals surface area contributed by atoms with Crippen LogP contribution in [0.3, 0.4) is 0 Å². The standard InChI is InChI=1S/C12H20N4O/c1-9(17)11-3-4-16(8-11)12-14-6-10(5-13-2)7-15-12/h6-7,9,11,13,17H,3-5,8H2,1-2H3. The molecule has 2 heterocycles. The first-order chi connectivity index (χ1) is 8.20. The number of nitrogens with one attached hydrogen (secondary N) is 1. The Bertz CT molecular complexity index is 352. The zero-order valence-corrected chi connectivity index (χ0v) is 10.4. The number of hydrogen-bond acceptors (Lipinski definition) is 5. The molecule has 1 aliphatic heterocycles. The summed E-state index contributed by atoms with van der Waals surface area (Å²) in [4.78, 5) is 10.9. The van der Waals surface area contributed by atoms with Crippen LogP contribution in [0.4, 0.5) is 5.95 Å². The molecule has 2 N–H and O–H groups in total. The zero-order valence-electron chi connectivity index (χ0n) is 10.4. The molecule has 2 unspecified atom stereocenters. The summed E-state index contributed by atoms with van der Waals surface area (Å²) in [6, 6.07) is 0. The summed E-state index contributed by atoms with van der Waals surface area (Å²) in [5.41, 5.74) is 1.09. The van der Waals surface area contributed by atoms with E-state index in [1.54, 1.807) is 0 Å². The first kappa shape index (κ1) is 12.3. The third-order valence-corrected chi connectivity index (χ3v) is 3.26. The molecule has 1 aromatic heterocycles. The van der Waals surface area contributed by atoms with Crippen molar-refractivity contribution in [3.63, 3.8) is 0 Å². The average Bonchev–Trinajstić information content (AvgIpc) is 2.80. The van der Waals surface area contributed by atoms with Crippen molar-refractivity contribution in [2.75, 3.05) is 25.0 Å². The Morgan fingerprint density at radius 3 is 2.76 bits per heavy atom. The summed E-state index contributed by atoms with van der Waals surface area (Å²) < 4.78 is 0. The third-order valence-electron chi connectivity index (χ3n) is 3.26. The second-order valence-electron chi connectivity index (χ2n) is 4.66. The maximum absolute atomic E-state index is 9.56. The molecule has 1 saturated heterocycles. The van der Waals surface area contributed by atoms with Crippen LogP contribution in [0.15, 0.2) is 12.4 Å². The van der Waals surface area contributed by atoms with Gasteiger partial charge in [-0.1, -0.05) is 0 Å². The third kappa shape index (κ3) is 2.92. The van der Waals surface area contributed by atoms with Gasteiger partial charge in [0.15, 0.2) is 0 Å². The van der Waals surface area contributed by atoms with E-state index < -0.39 is 0 Å². The van der Waals surface area contributed by atoms with Gasteiger partial charge >= 0.3 is 0 Å². The molecule has 5 heteroatoms. The molecule has 0 bridgehead atoms. The monoisotopic (exact) mass is 236 g/mol. The minimum atomic E-state index is -0.247. The molecule has 17 heavy (non-hydrogen) atoms. The van der Waals surface area contributed by atoms with Gasteiger partial charge in [0.1, 0.15) is 0 Å². The second-order valence-corrected chi connectivity index (χ2v) is 4.66. The van der Waals surface area contributed by atoms with Gasteiger partial charge in [0.05, 0.1) is 6.10 Å². The van der Waals surface area contributed by atoms with E-state index in [0.717, 1.165) is 37.6 Å². The van der Waals surface area contributed by atoms with Crippen molar-refractivity contribution in [1.29, 1.82) is 0 Å². The van der Waals surface area contributed by atoms with Crippen LogP contribution >= 0.6 is 0 Å². The van der Waals surface area contributed by atoms with Crippen LogP contribution in [-0.2, 0) is 6.54 Å². The van der Waals surface area contributed by atoms with E-state index >= 15 is 0 Å². The first-order valence-corrected chi connectivity index (χ1v) is 6.09. The number of rotatable bonds is 4. The van der Waals surface area contributed by atoms with Crippen LogP contribution in [0.2, 0.25) is 0 Å². The molecule has 0 saturated carbocycles. The lowest BCUT2D eigenvalue weighted by molar-refractivity contribution is 0.136. The van der Waals surface area contributed by atoms with E-state index in [2.05, 4.69) is 20.2 Å². The highest BCUT2D eigenvalue weighted by Gasteiger charge is 2.27. The number of aliphatic hydroxyl groups is 1. The van der Waals surface area contributed by atoms with Gasteiger partial charge in [-0.05, 0) is 20.4 Å². The average molecular weight is 236 g/mol. The van der Waals surface area contributed by atoms with Gasteiger partial charge in [0.25, 0.3) is 0 Å². The van der Waals surface area contributed by atoms with Crippen LogP contribution in [0.25, 0.3) is 0 Å². The Morgan fingerprint density at radius 2 is 2.24 bits per heavy atom. The lowest BCUT2D eigenvalue weighted by Gasteiger charge is -2.17. The van der Waals surface area contributed by atoms with E-state index in [1.165, 1.54) is 0 Å². The molecular formula is C12H20N4O. The Hall–Kier alpha value is -1.20. The number of nitrogens with zero attached hydrogens (tertiary/aromatic N) is 3. The topological polar surface area (TPSA) is 61.3 Å². The van der Waals surface area contributed by atoms with Crippen LogP contribution in [0.1, 0.15) is 18.9 Å². The highest BCUT2D eigenvalue weighted by molar-refractivity contribution is 5.31. The van der Waals surface area contributed by atoms with Crippen molar-refractivity contribution in [3.8, 4) is 0 Å². The smallest absolute Gasteiger partial charge is 0.225 e. The molecular weight excluding hydrogens is 216 g/mol. The summed E-state index contributed by atoms with van der Waals surface area (Å²) in [7, 11) is 1.90. The summed E-state index contributed by atoms with van der Waals surface area (Å²) >= 11 is 0. The van der Waals surface area contributed by atoms with Gasteiger partial charge in [-0.2, -0.15) is 0 Å². The van der Waals surface area contributed by atoms with Crippen molar-refractivity contribution in [2.24, 2.45) is 5.92 Å². The number of anilines is 1. The van der Waals surface area contributed by atoms with Crippen molar-refractivity contribution in [1.82, 2.24) is 15.3 Å². The molecule has 0 aliphatic carbocycles. The molecule has 0 aromatic carbocycles. The molecule has 1 aromatic rings. The number of aliphatic hydroxyl groups excluding tert-OH is 1. The Balaban J connectivity index is 1.99. The molecule has 1 fully saturated rings. The Labute approximate surface area is 102 Å². The quantitative estimate of drug-likeness (QED) is 0.792. The van der Waals surface area contributed by atoms with Crippen LogP contribution < -0.4 is 10.2 Å².